The minimum absolute atomic E-state index is 0.403. The molecule has 1 aliphatic heterocycles. The smallest absolute Gasteiger partial charge is 0.146 e. The van der Waals surface area contributed by atoms with Crippen molar-refractivity contribution in [2.45, 2.75) is 0 Å². The third kappa shape index (κ3) is 14.3. The molecular weight excluding hydrogens is 344 g/mol. The van der Waals surface area contributed by atoms with Gasteiger partial charge in [0.2, 0.25) is 0 Å². The van der Waals surface area contributed by atoms with Crippen molar-refractivity contribution >= 4 is 53.0 Å². The van der Waals surface area contributed by atoms with Crippen LogP contribution >= 0.6 is 53.0 Å². The van der Waals surface area contributed by atoms with Gasteiger partial charge in [-0.2, -0.15) is 0 Å². The topological polar surface area (TPSA) is 36.9 Å². The molecule has 4 nitrogen and oxygen atoms in total. The molecule has 19 heavy (non-hydrogen) atoms. The summed E-state index contributed by atoms with van der Waals surface area (Å²) in [6.45, 7) is 3.76. The average molecular weight is 365 g/mol. The average Bonchev–Trinajstić information content (AvgIpc) is 2.43. The maximum atomic E-state index is 5.37. The fourth-order valence-corrected chi connectivity index (χ4v) is 6.10. The molecule has 0 saturated carbocycles. The first-order valence-corrected chi connectivity index (χ1v) is 12.3. The molecule has 1 fully saturated rings. The summed E-state index contributed by atoms with van der Waals surface area (Å²) in [6, 6.07) is 0. The molecule has 0 unspecified atom stereocenters. The van der Waals surface area contributed by atoms with E-state index in [9.17, 15) is 0 Å². The van der Waals surface area contributed by atoms with Crippen molar-refractivity contribution in [2.24, 2.45) is 0 Å². The van der Waals surface area contributed by atoms with E-state index in [4.69, 9.17) is 18.9 Å². The van der Waals surface area contributed by atoms with Crippen molar-refractivity contribution in [1.29, 1.82) is 0 Å². The Hall–Kier alpha value is 1.59. The Balaban J connectivity index is 2.01. The van der Waals surface area contributed by atoms with E-state index >= 15 is 0 Å². The zero-order chi connectivity index (χ0) is 13.4. The Kier molecular flexibility index (Phi) is 15.7. The number of hydrogen-bond donors (Lipinski definition) is 0. The molecule has 0 amide bonds. The second-order valence-corrected chi connectivity index (χ2v) is 10.4. The third-order valence-electron chi connectivity index (χ3n) is 1.76. The van der Waals surface area contributed by atoms with Crippen LogP contribution in [0.5, 0.6) is 0 Å². The van der Waals surface area contributed by atoms with Crippen molar-refractivity contribution in [2.75, 3.05) is 63.0 Å². The third-order valence-corrected chi connectivity index (χ3v) is 8.26. The van der Waals surface area contributed by atoms with Gasteiger partial charge in [0.25, 0.3) is 0 Å². The Morgan fingerprint density at radius 3 is 1.26 bits per heavy atom. The first-order chi connectivity index (χ1) is 9.50. The van der Waals surface area contributed by atoms with Crippen molar-refractivity contribution < 1.29 is 18.9 Å². The van der Waals surface area contributed by atoms with Crippen molar-refractivity contribution in [3.63, 3.8) is 0 Å². The Labute approximate surface area is 134 Å². The van der Waals surface area contributed by atoms with Gasteiger partial charge in [-0.3, -0.25) is 0 Å². The summed E-state index contributed by atoms with van der Waals surface area (Å²) in [5.41, 5.74) is 0. The monoisotopic (exact) mass is 364 g/mol. The standard InChI is InChI=1S/C10H20O4S5/c1-5-15-16-6-2-12-10-14-4-8-18-19-17-7-3-13-9-11-1/h1-10H2. The maximum absolute atomic E-state index is 5.37. The van der Waals surface area contributed by atoms with Crippen LogP contribution in [-0.2, 0) is 18.9 Å². The van der Waals surface area contributed by atoms with Gasteiger partial charge in [-0.25, -0.2) is 0 Å². The molecule has 0 bridgehead atoms. The molecule has 0 spiro atoms. The molecule has 1 rings (SSSR count). The molecule has 114 valence electrons. The van der Waals surface area contributed by atoms with E-state index in [0.717, 1.165) is 49.4 Å². The first-order valence-electron chi connectivity index (χ1n) is 5.96. The van der Waals surface area contributed by atoms with Crippen LogP contribution in [0.1, 0.15) is 0 Å². The molecule has 9 heteroatoms. The van der Waals surface area contributed by atoms with Crippen LogP contribution in [0.4, 0.5) is 0 Å². The SMILES string of the molecule is C1CSSCCOCOCCSSSCCOCO1. The van der Waals surface area contributed by atoms with Gasteiger partial charge in [0, 0.05) is 23.0 Å². The summed E-state index contributed by atoms with van der Waals surface area (Å²) in [7, 11) is 9.00. The minimum atomic E-state index is 0.403. The van der Waals surface area contributed by atoms with Gasteiger partial charge < -0.3 is 18.9 Å². The second kappa shape index (κ2) is 16.0. The highest BCUT2D eigenvalue weighted by Crippen LogP contribution is 2.33. The van der Waals surface area contributed by atoms with Crippen LogP contribution in [0, 0.1) is 0 Å². The molecule has 1 aliphatic rings. The van der Waals surface area contributed by atoms with Gasteiger partial charge in [-0.1, -0.05) is 43.2 Å². The fraction of sp³-hybridized carbons (Fsp3) is 1.00. The Bertz CT molecular complexity index is 109. The summed E-state index contributed by atoms with van der Waals surface area (Å²) in [4.78, 5) is 0. The minimum Gasteiger partial charge on any atom is -0.355 e. The zero-order valence-electron chi connectivity index (χ0n) is 10.7. The van der Waals surface area contributed by atoms with Crippen LogP contribution < -0.4 is 0 Å². The Morgan fingerprint density at radius 1 is 0.474 bits per heavy atom. The highest BCUT2D eigenvalue weighted by molar-refractivity contribution is 9.09. The predicted molar refractivity (Wildman–Crippen MR) is 91.0 cm³/mol. The van der Waals surface area contributed by atoms with Crippen LogP contribution in [0.15, 0.2) is 0 Å². The van der Waals surface area contributed by atoms with E-state index in [2.05, 4.69) is 0 Å². The first kappa shape index (κ1) is 18.6. The van der Waals surface area contributed by atoms with Crippen LogP contribution in [0.3, 0.4) is 0 Å². The molecule has 1 saturated heterocycles. The lowest BCUT2D eigenvalue weighted by molar-refractivity contribution is -0.0428. The van der Waals surface area contributed by atoms with E-state index in [0.29, 0.717) is 13.6 Å². The van der Waals surface area contributed by atoms with Gasteiger partial charge in [0.15, 0.2) is 0 Å². The highest BCUT2D eigenvalue weighted by atomic mass is 33.5. The fourth-order valence-electron chi connectivity index (χ4n) is 0.945. The molecule has 0 aliphatic carbocycles. The summed E-state index contributed by atoms with van der Waals surface area (Å²) in [6.07, 6.45) is 0. The molecule has 0 radical (unpaired) electrons. The van der Waals surface area contributed by atoms with Crippen molar-refractivity contribution in [1.82, 2.24) is 0 Å². The van der Waals surface area contributed by atoms with E-state index < -0.39 is 0 Å². The summed E-state index contributed by atoms with van der Waals surface area (Å²) in [5, 5.41) is 0. The maximum Gasteiger partial charge on any atom is 0.146 e. The van der Waals surface area contributed by atoms with Gasteiger partial charge in [-0.15, -0.1) is 0 Å². The summed E-state index contributed by atoms with van der Waals surface area (Å²) in [5.74, 6) is 3.92. The molecule has 0 N–H and O–H groups in total. The molecule has 0 aromatic heterocycles. The molecule has 0 aromatic rings. The van der Waals surface area contributed by atoms with Crippen LogP contribution in [0.2, 0.25) is 0 Å². The lowest BCUT2D eigenvalue weighted by Gasteiger charge is -2.05. The number of ether oxygens (including phenoxy) is 4. The molecule has 1 heterocycles. The number of rotatable bonds is 0. The lowest BCUT2D eigenvalue weighted by atomic mass is 10.8. The van der Waals surface area contributed by atoms with Crippen LogP contribution in [-0.4, -0.2) is 63.0 Å². The Morgan fingerprint density at radius 2 is 0.842 bits per heavy atom. The lowest BCUT2D eigenvalue weighted by Crippen LogP contribution is -2.05. The summed E-state index contributed by atoms with van der Waals surface area (Å²) < 4.78 is 21.5. The van der Waals surface area contributed by atoms with E-state index in [1.165, 1.54) is 0 Å². The predicted octanol–water partition coefficient (Wildman–Crippen LogP) is 3.39. The van der Waals surface area contributed by atoms with E-state index in [1.54, 1.807) is 53.0 Å². The van der Waals surface area contributed by atoms with Gasteiger partial charge in [0.1, 0.15) is 13.6 Å². The largest absolute Gasteiger partial charge is 0.355 e. The number of hydrogen-bond acceptors (Lipinski definition) is 9. The van der Waals surface area contributed by atoms with E-state index in [1.807, 2.05) is 0 Å². The highest BCUT2D eigenvalue weighted by Gasteiger charge is 1.97. The quantitative estimate of drug-likeness (QED) is 0.601. The van der Waals surface area contributed by atoms with E-state index in [-0.39, 0.29) is 0 Å². The van der Waals surface area contributed by atoms with Crippen LogP contribution in [0.25, 0.3) is 0 Å². The second-order valence-electron chi connectivity index (χ2n) is 3.22. The molecule has 0 atom stereocenters. The van der Waals surface area contributed by atoms with Crippen molar-refractivity contribution in [3.8, 4) is 0 Å². The molecular formula is C10H20O4S5. The zero-order valence-corrected chi connectivity index (χ0v) is 14.8. The van der Waals surface area contributed by atoms with Gasteiger partial charge in [0.05, 0.1) is 26.4 Å². The van der Waals surface area contributed by atoms with Gasteiger partial charge >= 0.3 is 0 Å². The van der Waals surface area contributed by atoms with Gasteiger partial charge in [-0.05, 0) is 9.83 Å². The van der Waals surface area contributed by atoms with Crippen molar-refractivity contribution in [3.05, 3.63) is 0 Å². The summed E-state index contributed by atoms with van der Waals surface area (Å²) >= 11 is 0. The molecule has 0 aromatic carbocycles. The normalized spacial score (nSPS) is 24.0.